The molecule has 4 aliphatic carbocycles. The molecule has 0 aromatic rings. The first-order chi connectivity index (χ1) is 16.1. The van der Waals surface area contributed by atoms with Gasteiger partial charge in [-0.15, -0.1) is 0 Å². The van der Waals surface area contributed by atoms with E-state index in [0.29, 0.717) is 41.6 Å². The average molecular weight is 470 g/mol. The quantitative estimate of drug-likeness (QED) is 0.546. The van der Waals surface area contributed by atoms with Crippen molar-refractivity contribution in [3.8, 4) is 0 Å². The van der Waals surface area contributed by atoms with Crippen molar-refractivity contribution in [3.63, 3.8) is 0 Å². The molecule has 4 heteroatoms. The maximum Gasteiger partial charge on any atom is 0.166 e. The van der Waals surface area contributed by atoms with Gasteiger partial charge in [-0.1, -0.05) is 27.2 Å². The highest BCUT2D eigenvalue weighted by atomic mass is 16.7. The number of carbonyl (C=O) groups excluding carboxylic acids is 1. The summed E-state index contributed by atoms with van der Waals surface area (Å²) in [6.45, 7) is 12.3. The molecule has 0 amide bonds. The summed E-state index contributed by atoms with van der Waals surface area (Å²) < 4.78 is 12.4. The molecule has 0 unspecified atom stereocenters. The second kappa shape index (κ2) is 6.90. The van der Waals surface area contributed by atoms with Crippen LogP contribution in [-0.2, 0) is 14.3 Å². The lowest BCUT2D eigenvalue weighted by atomic mass is 9.33. The van der Waals surface area contributed by atoms with Crippen molar-refractivity contribution in [2.75, 3.05) is 6.61 Å². The van der Waals surface area contributed by atoms with Crippen LogP contribution in [0.4, 0.5) is 0 Å². The highest BCUT2D eigenvalue weighted by molar-refractivity contribution is 5.85. The molecule has 11 atom stereocenters. The van der Waals surface area contributed by atoms with Gasteiger partial charge in [0, 0.05) is 24.9 Å². The Balaban J connectivity index is 1.25. The molecule has 0 radical (unpaired) electrons. The van der Waals surface area contributed by atoms with Crippen molar-refractivity contribution in [1.29, 1.82) is 0 Å². The van der Waals surface area contributed by atoms with Crippen LogP contribution in [0.2, 0.25) is 0 Å². The standard InChI is InChI=1S/C30H47NO3/c1-18(2)19-8-13-27(4)20-9-15-29-12-6-7-21(29)30(27,24(19)31-25(20)29)16-10-22(32)26(3)17-33-28(5)14-11-23(26)34-28/h18-21,23-25,31H,6-17H2,1-5H3/t19-,20-,21-,23+,24+,25+,26+,27+,28-,29-,30+/m1/s1. The lowest BCUT2D eigenvalue weighted by Gasteiger charge is -2.76. The lowest BCUT2D eigenvalue weighted by Crippen LogP contribution is -2.80. The summed E-state index contributed by atoms with van der Waals surface area (Å²) in [7, 11) is 0. The van der Waals surface area contributed by atoms with Crippen molar-refractivity contribution >= 4 is 5.78 Å². The van der Waals surface area contributed by atoms with Crippen LogP contribution in [0.25, 0.3) is 0 Å². The van der Waals surface area contributed by atoms with Gasteiger partial charge in [0.25, 0.3) is 0 Å². The van der Waals surface area contributed by atoms with Crippen LogP contribution in [0.3, 0.4) is 0 Å². The molecule has 8 bridgehead atoms. The number of ether oxygens (including phenoxy) is 2. The van der Waals surface area contributed by atoms with Crippen molar-refractivity contribution in [2.45, 2.75) is 129 Å². The Morgan fingerprint density at radius 2 is 1.82 bits per heavy atom. The minimum absolute atomic E-state index is 0.0315. The molecule has 4 nitrogen and oxygen atoms in total. The van der Waals surface area contributed by atoms with Gasteiger partial charge in [-0.2, -0.15) is 0 Å². The molecule has 190 valence electrons. The van der Waals surface area contributed by atoms with Gasteiger partial charge in [-0.05, 0) is 105 Å². The Bertz CT molecular complexity index is 903. The van der Waals surface area contributed by atoms with Gasteiger partial charge in [0.1, 0.15) is 5.78 Å². The summed E-state index contributed by atoms with van der Waals surface area (Å²) in [5.74, 6) is 3.03. The van der Waals surface area contributed by atoms with Gasteiger partial charge in [0.2, 0.25) is 0 Å². The van der Waals surface area contributed by atoms with Crippen molar-refractivity contribution in [3.05, 3.63) is 0 Å². The molecule has 4 saturated carbocycles. The smallest absolute Gasteiger partial charge is 0.166 e. The number of fused-ring (bicyclic) bond motifs is 2. The number of nitrogens with one attached hydrogen (secondary N) is 1. The zero-order chi connectivity index (χ0) is 23.7. The summed E-state index contributed by atoms with van der Waals surface area (Å²) in [5, 5.41) is 4.39. The number of hydrogen-bond acceptors (Lipinski definition) is 4. The van der Waals surface area contributed by atoms with Gasteiger partial charge < -0.3 is 14.8 Å². The molecule has 8 rings (SSSR count). The molecule has 8 fully saturated rings. The van der Waals surface area contributed by atoms with E-state index < -0.39 is 11.2 Å². The first-order valence-corrected chi connectivity index (χ1v) is 14.7. The number of rotatable bonds is 5. The fraction of sp³-hybridized carbons (Fsp3) is 0.967. The Kier molecular flexibility index (Phi) is 4.61. The largest absolute Gasteiger partial charge is 0.349 e. The summed E-state index contributed by atoms with van der Waals surface area (Å²) in [6.07, 6.45) is 13.5. The lowest BCUT2D eigenvalue weighted by molar-refractivity contribution is -0.283. The molecular weight excluding hydrogens is 422 g/mol. The molecular formula is C30H47NO3. The van der Waals surface area contributed by atoms with E-state index in [9.17, 15) is 4.79 Å². The predicted molar refractivity (Wildman–Crippen MR) is 132 cm³/mol. The van der Waals surface area contributed by atoms with Crippen molar-refractivity contribution < 1.29 is 14.3 Å². The molecule has 34 heavy (non-hydrogen) atoms. The number of hydrogen-bond donors (Lipinski definition) is 1. The van der Waals surface area contributed by atoms with Gasteiger partial charge in [0.15, 0.2) is 5.79 Å². The van der Waals surface area contributed by atoms with Crippen LogP contribution in [0.15, 0.2) is 0 Å². The van der Waals surface area contributed by atoms with Crippen LogP contribution in [-0.4, -0.2) is 36.4 Å². The van der Waals surface area contributed by atoms with Crippen LogP contribution in [0, 0.1) is 45.3 Å². The van der Waals surface area contributed by atoms with Crippen molar-refractivity contribution in [2.24, 2.45) is 45.3 Å². The van der Waals surface area contributed by atoms with E-state index in [-0.39, 0.29) is 11.5 Å². The second-order valence-corrected chi connectivity index (χ2v) is 14.8. The number of Topliss-reactive ketones (excluding diaryl/α,β-unsaturated/α-hetero) is 1. The zero-order valence-corrected chi connectivity index (χ0v) is 22.3. The van der Waals surface area contributed by atoms with E-state index in [1.165, 1.54) is 44.9 Å². The van der Waals surface area contributed by atoms with E-state index in [1.54, 1.807) is 0 Å². The van der Waals surface area contributed by atoms with Gasteiger partial charge >= 0.3 is 0 Å². The number of carbonyl (C=O) groups is 1. The highest BCUT2D eigenvalue weighted by Crippen LogP contribution is 2.81. The molecule has 4 aliphatic heterocycles. The maximum atomic E-state index is 14.1. The number of piperidine rings is 2. The Morgan fingerprint density at radius 1 is 1.00 bits per heavy atom. The van der Waals surface area contributed by atoms with Gasteiger partial charge in [-0.25, -0.2) is 0 Å². The topological polar surface area (TPSA) is 47.6 Å². The van der Waals surface area contributed by atoms with Crippen LogP contribution >= 0.6 is 0 Å². The summed E-state index contributed by atoms with van der Waals surface area (Å²) in [6, 6.07) is 1.33. The molecule has 1 spiro atoms. The minimum Gasteiger partial charge on any atom is -0.349 e. The fourth-order valence-electron chi connectivity index (χ4n) is 11.8. The van der Waals surface area contributed by atoms with Gasteiger partial charge in [0.05, 0.1) is 18.1 Å². The Labute approximate surface area is 206 Å². The first-order valence-electron chi connectivity index (χ1n) is 14.7. The molecule has 8 aliphatic rings. The SMILES string of the molecule is CC(C)[C@H]1CC[C@@]2(C)[C@@H]3CC[C@]45CCC[C@H]4[C@@]2(CCC(=O)[C@]2(C)CO[C@@]4(C)CC[C@@H]2O4)[C@H]1N[C@@H]35. The molecule has 4 heterocycles. The van der Waals surface area contributed by atoms with Crippen LogP contribution in [0.1, 0.15) is 105 Å². The fourth-order valence-corrected chi connectivity index (χ4v) is 11.8. The summed E-state index contributed by atoms with van der Waals surface area (Å²) in [5.41, 5.74) is 0.711. The van der Waals surface area contributed by atoms with E-state index in [4.69, 9.17) is 9.47 Å². The summed E-state index contributed by atoms with van der Waals surface area (Å²) >= 11 is 0. The minimum atomic E-state index is -0.480. The van der Waals surface area contributed by atoms with Crippen LogP contribution in [0.5, 0.6) is 0 Å². The van der Waals surface area contributed by atoms with E-state index in [0.717, 1.165) is 43.1 Å². The first kappa shape index (κ1) is 22.7. The highest BCUT2D eigenvalue weighted by Gasteiger charge is 2.79. The van der Waals surface area contributed by atoms with E-state index in [1.807, 2.05) is 6.92 Å². The second-order valence-electron chi connectivity index (χ2n) is 14.8. The Morgan fingerprint density at radius 3 is 2.62 bits per heavy atom. The number of ketones is 1. The van der Waals surface area contributed by atoms with E-state index >= 15 is 0 Å². The maximum absolute atomic E-state index is 14.1. The predicted octanol–water partition coefficient (Wildman–Crippen LogP) is 5.88. The Hall–Kier alpha value is -0.450. The van der Waals surface area contributed by atoms with Crippen molar-refractivity contribution in [1.82, 2.24) is 5.32 Å². The molecule has 1 N–H and O–H groups in total. The third kappa shape index (κ3) is 2.45. The zero-order valence-electron chi connectivity index (χ0n) is 22.3. The third-order valence-corrected chi connectivity index (χ3v) is 13.5. The van der Waals surface area contributed by atoms with Crippen LogP contribution < -0.4 is 5.32 Å². The average Bonchev–Trinajstić information content (AvgIpc) is 3.48. The molecule has 0 aromatic heterocycles. The third-order valence-electron chi connectivity index (χ3n) is 13.5. The normalized spacial score (nSPS) is 59.0. The summed E-state index contributed by atoms with van der Waals surface area (Å²) in [4.78, 5) is 14.1. The van der Waals surface area contributed by atoms with E-state index in [2.05, 4.69) is 33.0 Å². The molecule has 0 aromatic carbocycles. The molecule has 4 saturated heterocycles. The monoisotopic (exact) mass is 469 g/mol. The van der Waals surface area contributed by atoms with Gasteiger partial charge in [-0.3, -0.25) is 4.79 Å².